The molecule has 2 aromatic heterocycles. The first-order valence-electron chi connectivity index (χ1n) is 9.48. The zero-order valence-corrected chi connectivity index (χ0v) is 15.7. The van der Waals surface area contributed by atoms with Gasteiger partial charge in [0.15, 0.2) is 0 Å². The van der Waals surface area contributed by atoms with Gasteiger partial charge in [-0.15, -0.1) is 0 Å². The number of piperidine rings is 1. The average Bonchev–Trinajstić information content (AvgIpc) is 3.09. The van der Waals surface area contributed by atoms with Gasteiger partial charge in [0.25, 0.3) is 5.91 Å². The number of hydrogen-bond acceptors (Lipinski definition) is 3. The van der Waals surface area contributed by atoms with Crippen molar-refractivity contribution in [2.24, 2.45) is 0 Å². The van der Waals surface area contributed by atoms with Gasteiger partial charge in [-0.05, 0) is 42.7 Å². The number of carbonyl (C=O) groups excluding carboxylic acids is 1. The SMILES string of the molecule is O=C(NC1CCN(C(=O)O)CC1)c1cn(Cc2ccc(F)cc2)c2cccnc12. The molecule has 1 aromatic carbocycles. The number of rotatable bonds is 4. The maximum atomic E-state index is 13.2. The first kappa shape index (κ1) is 18.9. The average molecular weight is 396 g/mol. The molecule has 1 fully saturated rings. The minimum absolute atomic E-state index is 0.0719. The van der Waals surface area contributed by atoms with Crippen molar-refractivity contribution in [3.8, 4) is 0 Å². The fourth-order valence-corrected chi connectivity index (χ4v) is 3.68. The number of halogens is 1. The van der Waals surface area contributed by atoms with Crippen molar-refractivity contribution >= 4 is 23.0 Å². The molecule has 0 unspecified atom stereocenters. The van der Waals surface area contributed by atoms with Gasteiger partial charge in [0.05, 0.1) is 11.1 Å². The first-order chi connectivity index (χ1) is 14.0. The second-order valence-electron chi connectivity index (χ2n) is 7.19. The number of hydrogen-bond donors (Lipinski definition) is 2. The highest BCUT2D eigenvalue weighted by Crippen LogP contribution is 2.21. The summed E-state index contributed by atoms with van der Waals surface area (Å²) >= 11 is 0. The Morgan fingerprint density at radius 2 is 1.90 bits per heavy atom. The molecule has 2 amide bonds. The Balaban J connectivity index is 1.53. The second kappa shape index (κ2) is 7.90. The maximum absolute atomic E-state index is 13.2. The molecule has 0 saturated carbocycles. The summed E-state index contributed by atoms with van der Waals surface area (Å²) in [6, 6.07) is 9.89. The van der Waals surface area contributed by atoms with E-state index in [0.717, 1.165) is 11.1 Å². The van der Waals surface area contributed by atoms with Crippen LogP contribution >= 0.6 is 0 Å². The van der Waals surface area contributed by atoms with Crippen molar-refractivity contribution in [2.45, 2.75) is 25.4 Å². The highest BCUT2D eigenvalue weighted by Gasteiger charge is 2.25. The van der Waals surface area contributed by atoms with E-state index < -0.39 is 6.09 Å². The molecule has 4 rings (SSSR count). The number of fused-ring (bicyclic) bond motifs is 1. The van der Waals surface area contributed by atoms with Crippen LogP contribution in [0.25, 0.3) is 11.0 Å². The van der Waals surface area contributed by atoms with Gasteiger partial charge in [-0.2, -0.15) is 0 Å². The summed E-state index contributed by atoms with van der Waals surface area (Å²) in [4.78, 5) is 29.7. The van der Waals surface area contributed by atoms with Gasteiger partial charge >= 0.3 is 6.09 Å². The van der Waals surface area contributed by atoms with Crippen molar-refractivity contribution in [3.63, 3.8) is 0 Å². The number of aromatic nitrogens is 2. The number of likely N-dealkylation sites (tertiary alicyclic amines) is 1. The van der Waals surface area contributed by atoms with Gasteiger partial charge in [0.1, 0.15) is 11.3 Å². The van der Waals surface area contributed by atoms with E-state index >= 15 is 0 Å². The third kappa shape index (κ3) is 4.06. The zero-order valence-electron chi connectivity index (χ0n) is 15.7. The van der Waals surface area contributed by atoms with Gasteiger partial charge in [-0.1, -0.05) is 12.1 Å². The number of carboxylic acid groups (broad SMARTS) is 1. The molecular weight excluding hydrogens is 375 g/mol. The minimum atomic E-state index is -0.928. The van der Waals surface area contributed by atoms with Gasteiger partial charge in [-0.25, -0.2) is 9.18 Å². The van der Waals surface area contributed by atoms with E-state index in [4.69, 9.17) is 5.11 Å². The van der Waals surface area contributed by atoms with Crippen LogP contribution in [0.3, 0.4) is 0 Å². The summed E-state index contributed by atoms with van der Waals surface area (Å²) < 4.78 is 15.1. The number of benzene rings is 1. The molecule has 150 valence electrons. The van der Waals surface area contributed by atoms with Crippen molar-refractivity contribution in [1.29, 1.82) is 0 Å². The zero-order chi connectivity index (χ0) is 20.4. The number of nitrogens with one attached hydrogen (secondary N) is 1. The number of nitrogens with zero attached hydrogens (tertiary/aromatic N) is 3. The minimum Gasteiger partial charge on any atom is -0.465 e. The van der Waals surface area contributed by atoms with E-state index in [1.165, 1.54) is 17.0 Å². The predicted octanol–water partition coefficient (Wildman–Crippen LogP) is 3.10. The molecule has 2 N–H and O–H groups in total. The summed E-state index contributed by atoms with van der Waals surface area (Å²) in [5, 5.41) is 12.1. The molecule has 0 atom stereocenters. The molecule has 0 radical (unpaired) electrons. The summed E-state index contributed by atoms with van der Waals surface area (Å²) in [5.41, 5.74) is 2.82. The lowest BCUT2D eigenvalue weighted by atomic mass is 10.0. The maximum Gasteiger partial charge on any atom is 0.407 e. The topological polar surface area (TPSA) is 87.5 Å². The first-order valence-corrected chi connectivity index (χ1v) is 9.48. The largest absolute Gasteiger partial charge is 0.465 e. The predicted molar refractivity (Wildman–Crippen MR) is 105 cm³/mol. The Morgan fingerprint density at radius 3 is 2.59 bits per heavy atom. The summed E-state index contributed by atoms with van der Waals surface area (Å²) in [6.45, 7) is 1.31. The van der Waals surface area contributed by atoms with Gasteiger partial charge < -0.3 is 19.9 Å². The highest BCUT2D eigenvalue weighted by atomic mass is 19.1. The van der Waals surface area contributed by atoms with Gasteiger partial charge in [0.2, 0.25) is 0 Å². The van der Waals surface area contributed by atoms with Crippen LogP contribution in [0.4, 0.5) is 9.18 Å². The summed E-state index contributed by atoms with van der Waals surface area (Å²) in [7, 11) is 0. The summed E-state index contributed by atoms with van der Waals surface area (Å²) in [6.07, 6.45) is 3.65. The van der Waals surface area contributed by atoms with E-state index in [9.17, 15) is 14.0 Å². The fraction of sp³-hybridized carbons (Fsp3) is 0.286. The van der Waals surface area contributed by atoms with Crippen molar-refractivity contribution in [1.82, 2.24) is 19.8 Å². The second-order valence-corrected chi connectivity index (χ2v) is 7.19. The Bertz CT molecular complexity index is 1040. The van der Waals surface area contributed by atoms with Crippen molar-refractivity contribution in [2.75, 3.05) is 13.1 Å². The highest BCUT2D eigenvalue weighted by molar-refractivity contribution is 6.05. The van der Waals surface area contributed by atoms with Crippen LogP contribution in [0.15, 0.2) is 48.8 Å². The standard InChI is InChI=1S/C21H21FN4O3/c22-15-5-3-14(4-6-15)12-26-13-17(19-18(26)2-1-9-23-19)20(27)24-16-7-10-25(11-8-16)21(28)29/h1-6,9,13,16H,7-8,10-12H2,(H,24,27)(H,28,29). The Hall–Kier alpha value is -3.42. The normalized spacial score (nSPS) is 14.9. The van der Waals surface area contributed by atoms with E-state index in [-0.39, 0.29) is 17.8 Å². The molecule has 8 heteroatoms. The molecule has 1 saturated heterocycles. The lowest BCUT2D eigenvalue weighted by Crippen LogP contribution is -2.46. The van der Waals surface area contributed by atoms with E-state index in [1.54, 1.807) is 24.5 Å². The number of carbonyl (C=O) groups is 2. The quantitative estimate of drug-likeness (QED) is 0.709. The van der Waals surface area contributed by atoms with Crippen LogP contribution in [-0.2, 0) is 6.54 Å². The third-order valence-electron chi connectivity index (χ3n) is 5.25. The molecule has 0 spiro atoms. The smallest absolute Gasteiger partial charge is 0.407 e. The molecule has 3 aromatic rings. The van der Waals surface area contributed by atoms with Crippen LogP contribution in [0, 0.1) is 5.82 Å². The molecule has 1 aliphatic rings. The Labute approximate surface area is 166 Å². The lowest BCUT2D eigenvalue weighted by Gasteiger charge is -2.30. The van der Waals surface area contributed by atoms with E-state index in [2.05, 4.69) is 10.3 Å². The molecule has 7 nitrogen and oxygen atoms in total. The van der Waals surface area contributed by atoms with Crippen LogP contribution in [0.5, 0.6) is 0 Å². The van der Waals surface area contributed by atoms with Crippen LogP contribution in [-0.4, -0.2) is 50.7 Å². The monoisotopic (exact) mass is 396 g/mol. The van der Waals surface area contributed by atoms with E-state index in [0.29, 0.717) is 43.6 Å². The van der Waals surface area contributed by atoms with Crippen molar-refractivity contribution < 1.29 is 19.1 Å². The van der Waals surface area contributed by atoms with Gasteiger partial charge in [-0.3, -0.25) is 9.78 Å². The lowest BCUT2D eigenvalue weighted by molar-refractivity contribution is 0.0908. The Kier molecular flexibility index (Phi) is 5.16. The fourth-order valence-electron chi connectivity index (χ4n) is 3.68. The van der Waals surface area contributed by atoms with Crippen molar-refractivity contribution in [3.05, 3.63) is 65.7 Å². The number of pyridine rings is 1. The van der Waals surface area contributed by atoms with Crippen LogP contribution in [0.2, 0.25) is 0 Å². The third-order valence-corrected chi connectivity index (χ3v) is 5.25. The molecular formula is C21H21FN4O3. The molecule has 1 aliphatic heterocycles. The van der Waals surface area contributed by atoms with Crippen LogP contribution < -0.4 is 5.32 Å². The molecule has 0 bridgehead atoms. The van der Waals surface area contributed by atoms with E-state index in [1.807, 2.05) is 16.7 Å². The Morgan fingerprint density at radius 1 is 1.17 bits per heavy atom. The molecule has 0 aliphatic carbocycles. The molecule has 3 heterocycles. The summed E-state index contributed by atoms with van der Waals surface area (Å²) in [5.74, 6) is -0.512. The number of amides is 2. The van der Waals surface area contributed by atoms with Crippen LogP contribution in [0.1, 0.15) is 28.8 Å². The van der Waals surface area contributed by atoms with Gasteiger partial charge in [0, 0.05) is 38.1 Å². The molecule has 29 heavy (non-hydrogen) atoms.